The van der Waals surface area contributed by atoms with E-state index in [2.05, 4.69) is 33.2 Å². The number of halogens is 1. The molecule has 3 aromatic rings. The summed E-state index contributed by atoms with van der Waals surface area (Å²) < 4.78 is 11.5. The van der Waals surface area contributed by atoms with Crippen LogP contribution in [0, 0.1) is 10.5 Å². The van der Waals surface area contributed by atoms with Crippen molar-refractivity contribution in [1.82, 2.24) is 10.2 Å². The zero-order chi connectivity index (χ0) is 25.2. The lowest BCUT2D eigenvalue weighted by Gasteiger charge is -2.28. The maximum absolute atomic E-state index is 13.8. The molecule has 1 saturated heterocycles. The molecule has 0 aromatic heterocycles. The van der Waals surface area contributed by atoms with Gasteiger partial charge in [0.05, 0.1) is 14.2 Å². The quantitative estimate of drug-likeness (QED) is 0.322. The van der Waals surface area contributed by atoms with Gasteiger partial charge in [-0.25, -0.2) is 4.79 Å². The fourth-order valence-electron chi connectivity index (χ4n) is 4.06. The number of amides is 4. The number of ether oxygens (including phenoxy) is 2. The van der Waals surface area contributed by atoms with Gasteiger partial charge in [-0.15, -0.1) is 0 Å². The minimum atomic E-state index is -1.51. The van der Waals surface area contributed by atoms with E-state index in [4.69, 9.17) is 9.47 Å². The first-order valence-electron chi connectivity index (χ1n) is 10.8. The van der Waals surface area contributed by atoms with Crippen LogP contribution in [0.5, 0.6) is 11.5 Å². The molecular formula is C26H24IN3O5. The number of aryl methyl sites for hydroxylation is 1. The summed E-state index contributed by atoms with van der Waals surface area (Å²) in [6.07, 6.45) is 0. The average Bonchev–Trinajstić information content (AvgIpc) is 3.11. The SMILES string of the molecule is COc1ccc(C2(c3ccc(OC)cc3)NC(=O)N(CC(=O)Nc3ccc(I)cc3C)C2=O)cc1. The second-order valence-electron chi connectivity index (χ2n) is 8.04. The van der Waals surface area contributed by atoms with Gasteiger partial charge in [0.2, 0.25) is 5.91 Å². The van der Waals surface area contributed by atoms with Gasteiger partial charge >= 0.3 is 6.03 Å². The number of urea groups is 1. The molecule has 9 heteroatoms. The molecule has 4 amide bonds. The van der Waals surface area contributed by atoms with Crippen molar-refractivity contribution in [2.24, 2.45) is 0 Å². The Morgan fingerprint density at radius 3 is 1.97 bits per heavy atom. The summed E-state index contributed by atoms with van der Waals surface area (Å²) in [5.41, 5.74) is 1.08. The van der Waals surface area contributed by atoms with Gasteiger partial charge in [0.1, 0.15) is 18.0 Å². The van der Waals surface area contributed by atoms with E-state index in [0.717, 1.165) is 14.0 Å². The summed E-state index contributed by atoms with van der Waals surface area (Å²) >= 11 is 2.19. The zero-order valence-corrected chi connectivity index (χ0v) is 21.6. The number of imide groups is 1. The molecule has 35 heavy (non-hydrogen) atoms. The highest BCUT2D eigenvalue weighted by atomic mass is 127. The van der Waals surface area contributed by atoms with Gasteiger partial charge in [-0.1, -0.05) is 24.3 Å². The van der Waals surface area contributed by atoms with E-state index in [1.807, 2.05) is 19.1 Å². The van der Waals surface area contributed by atoms with Crippen LogP contribution in [0.15, 0.2) is 66.7 Å². The third-order valence-electron chi connectivity index (χ3n) is 5.92. The zero-order valence-electron chi connectivity index (χ0n) is 19.4. The monoisotopic (exact) mass is 585 g/mol. The largest absolute Gasteiger partial charge is 0.497 e. The summed E-state index contributed by atoms with van der Waals surface area (Å²) in [5.74, 6) is 0.199. The van der Waals surface area contributed by atoms with E-state index >= 15 is 0 Å². The van der Waals surface area contributed by atoms with Gasteiger partial charge in [-0.05, 0) is 88.7 Å². The van der Waals surface area contributed by atoms with E-state index in [-0.39, 0.29) is 0 Å². The molecule has 0 saturated carbocycles. The van der Waals surface area contributed by atoms with Crippen molar-refractivity contribution in [3.05, 3.63) is 87.0 Å². The molecule has 0 aliphatic carbocycles. The molecular weight excluding hydrogens is 561 g/mol. The van der Waals surface area contributed by atoms with E-state index in [1.54, 1.807) is 68.8 Å². The van der Waals surface area contributed by atoms with Crippen LogP contribution in [0.4, 0.5) is 10.5 Å². The van der Waals surface area contributed by atoms with Crippen LogP contribution in [-0.2, 0) is 15.1 Å². The maximum Gasteiger partial charge on any atom is 0.326 e. The highest BCUT2D eigenvalue weighted by molar-refractivity contribution is 14.1. The molecule has 0 atom stereocenters. The molecule has 0 bridgehead atoms. The lowest BCUT2D eigenvalue weighted by Crippen LogP contribution is -2.45. The van der Waals surface area contributed by atoms with Crippen LogP contribution in [0.3, 0.4) is 0 Å². The molecule has 3 aromatic carbocycles. The van der Waals surface area contributed by atoms with Crippen LogP contribution < -0.4 is 20.1 Å². The standard InChI is InChI=1S/C26H24IN3O5/c1-16-14-19(27)8-13-22(16)28-23(31)15-30-24(32)26(29-25(30)33,17-4-9-20(34-2)10-5-17)18-6-11-21(35-3)12-7-18/h4-14H,15H2,1-3H3,(H,28,31)(H,29,33). The van der Waals surface area contributed by atoms with Gasteiger partial charge in [0, 0.05) is 9.26 Å². The molecule has 0 radical (unpaired) electrons. The number of nitrogens with one attached hydrogen (secondary N) is 2. The van der Waals surface area contributed by atoms with Gasteiger partial charge in [-0.3, -0.25) is 14.5 Å². The minimum Gasteiger partial charge on any atom is -0.497 e. The molecule has 1 fully saturated rings. The van der Waals surface area contributed by atoms with Gasteiger partial charge in [0.25, 0.3) is 5.91 Å². The molecule has 1 aliphatic rings. The van der Waals surface area contributed by atoms with Crippen LogP contribution in [-0.4, -0.2) is 43.5 Å². The van der Waals surface area contributed by atoms with Crippen LogP contribution in [0.2, 0.25) is 0 Å². The van der Waals surface area contributed by atoms with Gasteiger partial charge < -0.3 is 20.1 Å². The van der Waals surface area contributed by atoms with E-state index < -0.39 is 29.9 Å². The first-order chi connectivity index (χ1) is 16.8. The first-order valence-corrected chi connectivity index (χ1v) is 11.9. The highest BCUT2D eigenvalue weighted by Crippen LogP contribution is 2.37. The summed E-state index contributed by atoms with van der Waals surface area (Å²) in [6.45, 7) is 1.45. The number of hydrogen-bond donors (Lipinski definition) is 2. The van der Waals surface area contributed by atoms with Crippen molar-refractivity contribution in [3.8, 4) is 11.5 Å². The van der Waals surface area contributed by atoms with Gasteiger partial charge in [-0.2, -0.15) is 0 Å². The first kappa shape index (κ1) is 24.5. The molecule has 8 nitrogen and oxygen atoms in total. The second kappa shape index (κ2) is 9.95. The highest BCUT2D eigenvalue weighted by Gasteiger charge is 2.54. The minimum absolute atomic E-state index is 0.426. The van der Waals surface area contributed by atoms with E-state index in [0.29, 0.717) is 28.3 Å². The average molecular weight is 585 g/mol. The Kier molecular flexibility index (Phi) is 6.97. The van der Waals surface area contributed by atoms with Crippen LogP contribution >= 0.6 is 22.6 Å². The predicted octanol–water partition coefficient (Wildman–Crippen LogP) is 4.05. The molecule has 4 rings (SSSR count). The van der Waals surface area contributed by atoms with Crippen molar-refractivity contribution < 1.29 is 23.9 Å². The number of methoxy groups -OCH3 is 2. The Balaban J connectivity index is 1.67. The van der Waals surface area contributed by atoms with Crippen LogP contribution in [0.1, 0.15) is 16.7 Å². The number of benzene rings is 3. The smallest absolute Gasteiger partial charge is 0.326 e. The summed E-state index contributed by atoms with van der Waals surface area (Å²) in [4.78, 5) is 40.7. The van der Waals surface area contributed by atoms with Crippen molar-refractivity contribution in [2.45, 2.75) is 12.5 Å². The predicted molar refractivity (Wildman–Crippen MR) is 140 cm³/mol. The van der Waals surface area contributed by atoms with Crippen molar-refractivity contribution in [3.63, 3.8) is 0 Å². The second-order valence-corrected chi connectivity index (χ2v) is 9.28. The Morgan fingerprint density at radius 2 is 1.49 bits per heavy atom. The normalized spacial score (nSPS) is 14.5. The van der Waals surface area contributed by atoms with Crippen molar-refractivity contribution >= 4 is 46.1 Å². The number of carbonyl (C=O) groups excluding carboxylic acids is 3. The number of nitrogens with zero attached hydrogens (tertiary/aromatic N) is 1. The Morgan fingerprint density at radius 1 is 0.943 bits per heavy atom. The molecule has 1 aliphatic heterocycles. The third-order valence-corrected chi connectivity index (χ3v) is 6.59. The molecule has 1 heterocycles. The topological polar surface area (TPSA) is 97.0 Å². The van der Waals surface area contributed by atoms with Crippen molar-refractivity contribution in [2.75, 3.05) is 26.1 Å². The third kappa shape index (κ3) is 4.68. The summed E-state index contributed by atoms with van der Waals surface area (Å²) in [6, 6.07) is 18.7. The summed E-state index contributed by atoms with van der Waals surface area (Å²) in [7, 11) is 3.10. The fourth-order valence-corrected chi connectivity index (χ4v) is 4.71. The molecule has 180 valence electrons. The fraction of sp³-hybridized carbons (Fsp3) is 0.192. The Labute approximate surface area is 216 Å². The number of rotatable bonds is 7. The lowest BCUT2D eigenvalue weighted by molar-refractivity contribution is -0.133. The molecule has 2 N–H and O–H groups in total. The Bertz CT molecular complexity index is 1230. The number of hydrogen-bond acceptors (Lipinski definition) is 5. The molecule has 0 unspecified atom stereocenters. The maximum atomic E-state index is 13.8. The van der Waals surface area contributed by atoms with Gasteiger partial charge in [0.15, 0.2) is 5.54 Å². The summed E-state index contributed by atoms with van der Waals surface area (Å²) in [5, 5.41) is 5.63. The van der Waals surface area contributed by atoms with E-state index in [1.165, 1.54) is 0 Å². The van der Waals surface area contributed by atoms with Crippen LogP contribution in [0.25, 0.3) is 0 Å². The number of carbonyl (C=O) groups is 3. The number of anilines is 1. The Hall–Kier alpha value is -3.60. The molecule has 0 spiro atoms. The van der Waals surface area contributed by atoms with Crippen molar-refractivity contribution in [1.29, 1.82) is 0 Å². The lowest BCUT2D eigenvalue weighted by atomic mass is 9.82. The van der Waals surface area contributed by atoms with E-state index in [9.17, 15) is 14.4 Å².